The van der Waals surface area contributed by atoms with E-state index in [0.717, 1.165) is 0 Å². The van der Waals surface area contributed by atoms with Crippen LogP contribution >= 0.6 is 23.2 Å². The van der Waals surface area contributed by atoms with Crippen molar-refractivity contribution < 1.29 is 0 Å². The maximum atomic E-state index is 11.6. The molecular weight excluding hydrogens is 223 g/mol. The van der Waals surface area contributed by atoms with Crippen molar-refractivity contribution in [1.82, 2.24) is 9.55 Å². The van der Waals surface area contributed by atoms with Crippen LogP contribution in [0.25, 0.3) is 0 Å². The molecule has 3 nitrogen and oxygen atoms in total. The van der Waals surface area contributed by atoms with Gasteiger partial charge in [-0.3, -0.25) is 4.79 Å². The Hall–Kier alpha value is -0.540. The van der Waals surface area contributed by atoms with Gasteiger partial charge in [0.1, 0.15) is 5.15 Å². The van der Waals surface area contributed by atoms with Crippen LogP contribution in [0.15, 0.2) is 11.0 Å². The largest absolute Gasteiger partial charge is 0.307 e. The molecule has 0 spiro atoms. The highest BCUT2D eigenvalue weighted by Crippen LogP contribution is 2.38. The molecule has 76 valence electrons. The van der Waals surface area contributed by atoms with E-state index in [0.29, 0.717) is 5.92 Å². The summed E-state index contributed by atoms with van der Waals surface area (Å²) in [5.74, 6) is 0.585. The van der Waals surface area contributed by atoms with Gasteiger partial charge in [0.05, 0.1) is 0 Å². The Balaban J connectivity index is 2.45. The van der Waals surface area contributed by atoms with Crippen molar-refractivity contribution in [2.24, 2.45) is 5.92 Å². The first-order chi connectivity index (χ1) is 6.59. The Labute approximate surface area is 91.7 Å². The lowest BCUT2D eigenvalue weighted by molar-refractivity contribution is 0.469. The van der Waals surface area contributed by atoms with Gasteiger partial charge < -0.3 is 4.57 Å². The molecule has 1 heterocycles. The lowest BCUT2D eigenvalue weighted by atomic mass is 10.2. The predicted molar refractivity (Wildman–Crippen MR) is 56.0 cm³/mol. The molecular formula is C9H10Cl2N2O. The zero-order valence-corrected chi connectivity index (χ0v) is 9.22. The molecule has 1 atom stereocenters. The number of hydrogen-bond donors (Lipinski definition) is 0. The van der Waals surface area contributed by atoms with E-state index in [4.69, 9.17) is 23.2 Å². The highest BCUT2D eigenvalue weighted by atomic mass is 35.5. The minimum absolute atomic E-state index is 0.0509. The van der Waals surface area contributed by atoms with Gasteiger partial charge in [0.25, 0.3) is 5.56 Å². The first-order valence-electron chi connectivity index (χ1n) is 4.54. The van der Waals surface area contributed by atoms with Gasteiger partial charge in [-0.1, -0.05) is 23.2 Å². The second-order valence-electron chi connectivity index (χ2n) is 3.64. The average Bonchev–Trinajstić information content (AvgIpc) is 2.93. The summed E-state index contributed by atoms with van der Waals surface area (Å²) in [5, 5.41) is 0.215. The fourth-order valence-electron chi connectivity index (χ4n) is 1.56. The second kappa shape index (κ2) is 3.55. The smallest absolute Gasteiger partial charge is 0.288 e. The van der Waals surface area contributed by atoms with Gasteiger partial charge in [-0.05, 0) is 25.7 Å². The molecule has 0 radical (unpaired) electrons. The van der Waals surface area contributed by atoms with Crippen LogP contribution in [-0.4, -0.2) is 9.55 Å². The van der Waals surface area contributed by atoms with E-state index < -0.39 is 0 Å². The minimum atomic E-state index is -0.254. The van der Waals surface area contributed by atoms with Crippen molar-refractivity contribution in [3.05, 3.63) is 26.9 Å². The summed E-state index contributed by atoms with van der Waals surface area (Å²) in [6.45, 7) is 2.01. The van der Waals surface area contributed by atoms with Crippen LogP contribution in [0.4, 0.5) is 0 Å². The van der Waals surface area contributed by atoms with Crippen LogP contribution in [0, 0.1) is 5.92 Å². The molecule has 1 aromatic heterocycles. The quantitative estimate of drug-likeness (QED) is 0.786. The number of rotatable bonds is 2. The Kier molecular flexibility index (Phi) is 2.54. The third kappa shape index (κ3) is 1.79. The van der Waals surface area contributed by atoms with Gasteiger partial charge in [0.15, 0.2) is 5.15 Å². The van der Waals surface area contributed by atoms with E-state index in [1.165, 1.54) is 12.8 Å². The molecule has 14 heavy (non-hydrogen) atoms. The fraction of sp³-hybridized carbons (Fsp3) is 0.556. The molecule has 1 aromatic rings. The third-order valence-electron chi connectivity index (χ3n) is 2.60. The first-order valence-corrected chi connectivity index (χ1v) is 5.29. The third-order valence-corrected chi connectivity index (χ3v) is 3.03. The van der Waals surface area contributed by atoms with Gasteiger partial charge in [0.2, 0.25) is 0 Å². The fourth-order valence-corrected chi connectivity index (χ4v) is 1.98. The van der Waals surface area contributed by atoms with Gasteiger partial charge in [-0.25, -0.2) is 4.98 Å². The van der Waals surface area contributed by atoms with E-state index in [1.54, 1.807) is 10.8 Å². The topological polar surface area (TPSA) is 34.9 Å². The second-order valence-corrected chi connectivity index (χ2v) is 4.39. The summed E-state index contributed by atoms with van der Waals surface area (Å²) >= 11 is 11.4. The Morgan fingerprint density at radius 1 is 1.57 bits per heavy atom. The van der Waals surface area contributed by atoms with Crippen molar-refractivity contribution in [1.29, 1.82) is 0 Å². The van der Waals surface area contributed by atoms with E-state index in [9.17, 15) is 4.79 Å². The SMILES string of the molecule is CC(C1CC1)n1cc(Cl)nc(Cl)c1=O. The summed E-state index contributed by atoms with van der Waals surface area (Å²) in [5.41, 5.74) is -0.254. The zero-order chi connectivity index (χ0) is 10.3. The molecule has 1 aliphatic rings. The molecule has 0 bridgehead atoms. The predicted octanol–water partition coefficient (Wildman–Crippen LogP) is 2.52. The standard InChI is InChI=1S/C9H10Cl2N2O/c1-5(6-2-3-6)13-4-7(10)12-8(11)9(13)14/h4-6H,2-3H2,1H3. The monoisotopic (exact) mass is 232 g/mol. The molecule has 0 aliphatic heterocycles. The molecule has 0 amide bonds. The number of hydrogen-bond acceptors (Lipinski definition) is 2. The maximum absolute atomic E-state index is 11.6. The molecule has 0 N–H and O–H groups in total. The van der Waals surface area contributed by atoms with Crippen LogP contribution in [0.3, 0.4) is 0 Å². The van der Waals surface area contributed by atoms with Crippen molar-refractivity contribution in [2.45, 2.75) is 25.8 Å². The summed E-state index contributed by atoms with van der Waals surface area (Å²) in [6, 6.07) is 0.167. The van der Waals surface area contributed by atoms with Gasteiger partial charge >= 0.3 is 0 Å². The van der Waals surface area contributed by atoms with Crippen molar-refractivity contribution in [3.8, 4) is 0 Å². The lowest BCUT2D eigenvalue weighted by Crippen LogP contribution is -2.25. The normalized spacial score (nSPS) is 18.2. The van der Waals surface area contributed by atoms with Gasteiger partial charge in [0, 0.05) is 12.2 Å². The summed E-state index contributed by atoms with van der Waals surface area (Å²) in [7, 11) is 0. The lowest BCUT2D eigenvalue weighted by Gasteiger charge is -2.14. The number of halogens is 2. The molecule has 1 saturated carbocycles. The van der Waals surface area contributed by atoms with E-state index >= 15 is 0 Å². The average molecular weight is 233 g/mol. The van der Waals surface area contributed by atoms with Crippen molar-refractivity contribution in [3.63, 3.8) is 0 Å². The van der Waals surface area contributed by atoms with E-state index in [1.807, 2.05) is 6.92 Å². The van der Waals surface area contributed by atoms with Crippen LogP contribution in [0.2, 0.25) is 10.3 Å². The molecule has 0 saturated heterocycles. The summed E-state index contributed by atoms with van der Waals surface area (Å²) in [6.07, 6.45) is 3.90. The molecule has 1 aliphatic carbocycles. The van der Waals surface area contributed by atoms with Crippen LogP contribution < -0.4 is 5.56 Å². The summed E-state index contributed by atoms with van der Waals surface area (Å²) < 4.78 is 1.58. The maximum Gasteiger partial charge on any atom is 0.288 e. The first kappa shape index (κ1) is 9.99. The zero-order valence-electron chi connectivity index (χ0n) is 7.70. The molecule has 0 aromatic carbocycles. The Bertz CT molecular complexity index is 412. The van der Waals surface area contributed by atoms with Crippen LogP contribution in [0.1, 0.15) is 25.8 Å². The van der Waals surface area contributed by atoms with Gasteiger partial charge in [-0.2, -0.15) is 0 Å². The Morgan fingerprint density at radius 2 is 2.21 bits per heavy atom. The van der Waals surface area contributed by atoms with Crippen molar-refractivity contribution >= 4 is 23.2 Å². The van der Waals surface area contributed by atoms with E-state index in [2.05, 4.69) is 4.98 Å². The van der Waals surface area contributed by atoms with Crippen LogP contribution in [0.5, 0.6) is 0 Å². The highest BCUT2D eigenvalue weighted by molar-refractivity contribution is 6.32. The van der Waals surface area contributed by atoms with Crippen molar-refractivity contribution in [2.75, 3.05) is 0 Å². The Morgan fingerprint density at radius 3 is 2.79 bits per heavy atom. The van der Waals surface area contributed by atoms with Gasteiger partial charge in [-0.15, -0.1) is 0 Å². The molecule has 1 fully saturated rings. The number of aromatic nitrogens is 2. The molecule has 1 unspecified atom stereocenters. The van der Waals surface area contributed by atoms with Crippen LogP contribution in [-0.2, 0) is 0 Å². The summed E-state index contributed by atoms with van der Waals surface area (Å²) in [4.78, 5) is 15.3. The molecule has 5 heteroatoms. The number of nitrogens with zero attached hydrogens (tertiary/aromatic N) is 2. The minimum Gasteiger partial charge on any atom is -0.307 e. The van der Waals surface area contributed by atoms with E-state index in [-0.39, 0.29) is 21.9 Å². The highest BCUT2D eigenvalue weighted by Gasteiger charge is 2.30. The molecule has 2 rings (SSSR count).